The maximum absolute atomic E-state index is 10.9. The molecule has 0 aliphatic heterocycles. The smallest absolute Gasteiger partial charge is 0.308 e. The van der Waals surface area contributed by atoms with E-state index < -0.39 is 0 Å². The van der Waals surface area contributed by atoms with Crippen LogP contribution in [0.15, 0.2) is 48.5 Å². The highest BCUT2D eigenvalue weighted by atomic mass is 16.5. The van der Waals surface area contributed by atoms with Gasteiger partial charge in [-0.2, -0.15) is 0 Å². The van der Waals surface area contributed by atoms with Gasteiger partial charge in [0.15, 0.2) is 0 Å². The highest BCUT2D eigenvalue weighted by Gasteiger charge is 2.01. The quantitative estimate of drug-likeness (QED) is 0.614. The molecule has 0 aromatic heterocycles. The molecule has 2 aromatic carbocycles. The Labute approximate surface area is 114 Å². The van der Waals surface area contributed by atoms with Crippen LogP contribution in [0.25, 0.3) is 0 Å². The van der Waals surface area contributed by atoms with Crippen molar-refractivity contribution in [1.82, 2.24) is 0 Å². The van der Waals surface area contributed by atoms with Crippen molar-refractivity contribution < 1.29 is 9.53 Å². The highest BCUT2D eigenvalue weighted by molar-refractivity contribution is 5.69. The second-order valence-electron chi connectivity index (χ2n) is 4.73. The first kappa shape index (κ1) is 13.3. The molecule has 0 aliphatic carbocycles. The third-order valence-electron chi connectivity index (χ3n) is 2.98. The van der Waals surface area contributed by atoms with E-state index in [-0.39, 0.29) is 5.97 Å². The number of benzene rings is 2. The van der Waals surface area contributed by atoms with Crippen LogP contribution in [-0.2, 0) is 17.6 Å². The summed E-state index contributed by atoms with van der Waals surface area (Å²) in [5, 5.41) is 0. The zero-order valence-corrected chi connectivity index (χ0v) is 11.3. The lowest BCUT2D eigenvalue weighted by Crippen LogP contribution is -2.01. The van der Waals surface area contributed by atoms with Crippen molar-refractivity contribution in [2.75, 3.05) is 0 Å². The fraction of sp³-hybridized carbons (Fsp3) is 0.235. The maximum atomic E-state index is 10.9. The molecule has 0 unspecified atom stereocenters. The molecule has 0 radical (unpaired) electrons. The van der Waals surface area contributed by atoms with E-state index in [1.165, 1.54) is 23.6 Å². The van der Waals surface area contributed by atoms with Crippen molar-refractivity contribution in [3.63, 3.8) is 0 Å². The third-order valence-corrected chi connectivity index (χ3v) is 2.98. The highest BCUT2D eigenvalue weighted by Crippen LogP contribution is 2.15. The van der Waals surface area contributed by atoms with Crippen LogP contribution >= 0.6 is 0 Å². The first-order valence-corrected chi connectivity index (χ1v) is 6.46. The Hall–Kier alpha value is -2.09. The molecule has 0 atom stereocenters. The number of esters is 1. The summed E-state index contributed by atoms with van der Waals surface area (Å²) < 4.78 is 5.08. The van der Waals surface area contributed by atoms with E-state index in [9.17, 15) is 4.79 Å². The van der Waals surface area contributed by atoms with Gasteiger partial charge in [-0.15, -0.1) is 0 Å². The van der Waals surface area contributed by atoms with Crippen molar-refractivity contribution in [3.05, 3.63) is 65.2 Å². The van der Waals surface area contributed by atoms with Crippen LogP contribution in [0.2, 0.25) is 0 Å². The lowest BCUT2D eigenvalue weighted by molar-refractivity contribution is -0.131. The summed E-state index contributed by atoms with van der Waals surface area (Å²) in [7, 11) is 0. The number of rotatable bonds is 4. The van der Waals surface area contributed by atoms with Gasteiger partial charge in [-0.1, -0.05) is 42.0 Å². The number of carbonyl (C=O) groups is 1. The van der Waals surface area contributed by atoms with Crippen molar-refractivity contribution in [3.8, 4) is 5.75 Å². The molecule has 0 bridgehead atoms. The van der Waals surface area contributed by atoms with E-state index >= 15 is 0 Å². The van der Waals surface area contributed by atoms with E-state index in [1.807, 2.05) is 12.1 Å². The number of ether oxygens (including phenoxy) is 1. The Morgan fingerprint density at radius 2 is 1.68 bits per heavy atom. The van der Waals surface area contributed by atoms with Gasteiger partial charge in [-0.3, -0.25) is 4.79 Å². The van der Waals surface area contributed by atoms with Crippen LogP contribution in [0.1, 0.15) is 23.6 Å². The number of hydrogen-bond acceptors (Lipinski definition) is 2. The molecule has 0 N–H and O–H groups in total. The predicted octanol–water partition coefficient (Wildman–Crippen LogP) is 3.71. The Kier molecular flexibility index (Phi) is 4.35. The van der Waals surface area contributed by atoms with Gasteiger partial charge in [0, 0.05) is 6.92 Å². The zero-order chi connectivity index (χ0) is 13.7. The van der Waals surface area contributed by atoms with Gasteiger partial charge in [-0.05, 0) is 43.0 Å². The van der Waals surface area contributed by atoms with Crippen LogP contribution < -0.4 is 4.74 Å². The van der Waals surface area contributed by atoms with Gasteiger partial charge < -0.3 is 4.74 Å². The van der Waals surface area contributed by atoms with Crippen LogP contribution in [0.4, 0.5) is 0 Å². The van der Waals surface area contributed by atoms with Gasteiger partial charge in [-0.25, -0.2) is 0 Å². The summed E-state index contributed by atoms with van der Waals surface area (Å²) in [4.78, 5) is 10.9. The van der Waals surface area contributed by atoms with Gasteiger partial charge in [0.2, 0.25) is 0 Å². The Balaban J connectivity index is 1.99. The Bertz CT molecular complexity index is 556. The number of hydrogen-bond donors (Lipinski definition) is 0. The largest absolute Gasteiger partial charge is 0.427 e. The average molecular weight is 254 g/mol. The number of carbonyl (C=O) groups excluding carboxylic acids is 1. The molecule has 0 fully saturated rings. The van der Waals surface area contributed by atoms with Crippen LogP contribution in [0.3, 0.4) is 0 Å². The molecule has 19 heavy (non-hydrogen) atoms. The Morgan fingerprint density at radius 1 is 1.00 bits per heavy atom. The standard InChI is InChI=1S/C17H18O2/c1-13-6-8-15(9-7-13)10-11-16-4-3-5-17(12-16)19-14(2)18/h3-9,12H,10-11H2,1-2H3. The van der Waals surface area contributed by atoms with Gasteiger partial charge in [0.1, 0.15) is 5.75 Å². The van der Waals surface area contributed by atoms with Crippen molar-refractivity contribution >= 4 is 5.97 Å². The molecule has 2 heteroatoms. The summed E-state index contributed by atoms with van der Waals surface area (Å²) in [5.41, 5.74) is 3.78. The molecular formula is C17H18O2. The van der Waals surface area contributed by atoms with Crippen LogP contribution in [-0.4, -0.2) is 5.97 Å². The van der Waals surface area contributed by atoms with E-state index in [0.717, 1.165) is 12.8 Å². The van der Waals surface area contributed by atoms with E-state index in [1.54, 1.807) is 6.07 Å². The maximum Gasteiger partial charge on any atom is 0.308 e. The summed E-state index contributed by atoms with van der Waals surface area (Å²) >= 11 is 0. The average Bonchev–Trinajstić information content (AvgIpc) is 2.38. The normalized spacial score (nSPS) is 10.2. The van der Waals surface area contributed by atoms with Crippen LogP contribution in [0, 0.1) is 6.92 Å². The lowest BCUT2D eigenvalue weighted by atomic mass is 10.0. The van der Waals surface area contributed by atoms with Gasteiger partial charge in [0.05, 0.1) is 0 Å². The molecule has 0 saturated heterocycles. The molecular weight excluding hydrogens is 236 g/mol. The first-order valence-electron chi connectivity index (χ1n) is 6.46. The summed E-state index contributed by atoms with van der Waals surface area (Å²) in [6.45, 7) is 3.51. The molecule has 0 amide bonds. The topological polar surface area (TPSA) is 26.3 Å². The van der Waals surface area contributed by atoms with Crippen molar-refractivity contribution in [2.45, 2.75) is 26.7 Å². The SMILES string of the molecule is CC(=O)Oc1cccc(CCc2ccc(C)cc2)c1. The van der Waals surface area contributed by atoms with E-state index in [0.29, 0.717) is 5.75 Å². The van der Waals surface area contributed by atoms with Crippen molar-refractivity contribution in [2.24, 2.45) is 0 Å². The molecule has 98 valence electrons. The van der Waals surface area contributed by atoms with Crippen LogP contribution in [0.5, 0.6) is 5.75 Å². The van der Waals surface area contributed by atoms with E-state index in [4.69, 9.17) is 4.74 Å². The first-order chi connectivity index (χ1) is 9.13. The summed E-state index contributed by atoms with van der Waals surface area (Å²) in [5.74, 6) is 0.338. The fourth-order valence-electron chi connectivity index (χ4n) is 1.97. The van der Waals surface area contributed by atoms with E-state index in [2.05, 4.69) is 37.3 Å². The minimum Gasteiger partial charge on any atom is -0.427 e. The molecule has 2 nitrogen and oxygen atoms in total. The summed E-state index contributed by atoms with van der Waals surface area (Å²) in [6, 6.07) is 16.3. The van der Waals surface area contributed by atoms with Crippen molar-refractivity contribution in [1.29, 1.82) is 0 Å². The molecule has 2 aromatic rings. The van der Waals surface area contributed by atoms with Gasteiger partial charge >= 0.3 is 5.97 Å². The molecule has 2 rings (SSSR count). The third kappa shape index (κ3) is 4.25. The monoisotopic (exact) mass is 254 g/mol. The fourth-order valence-corrected chi connectivity index (χ4v) is 1.97. The van der Waals surface area contributed by atoms with Gasteiger partial charge in [0.25, 0.3) is 0 Å². The second-order valence-corrected chi connectivity index (χ2v) is 4.73. The zero-order valence-electron chi connectivity index (χ0n) is 11.3. The molecule has 0 spiro atoms. The minimum absolute atomic E-state index is 0.282. The number of aryl methyl sites for hydroxylation is 3. The molecule has 0 aliphatic rings. The summed E-state index contributed by atoms with van der Waals surface area (Å²) in [6.07, 6.45) is 1.93. The molecule has 0 saturated carbocycles. The minimum atomic E-state index is -0.282. The molecule has 0 heterocycles. The lowest BCUT2D eigenvalue weighted by Gasteiger charge is -2.05. The predicted molar refractivity (Wildman–Crippen MR) is 76.3 cm³/mol. The second kappa shape index (κ2) is 6.19. The Morgan fingerprint density at radius 3 is 2.37 bits per heavy atom.